The minimum atomic E-state index is -0.228. The number of benzene rings is 1. The zero-order valence-electron chi connectivity index (χ0n) is 15.2. The molecule has 0 saturated heterocycles. The van der Waals surface area contributed by atoms with E-state index >= 15 is 0 Å². The second kappa shape index (κ2) is 8.05. The number of amides is 1. The lowest BCUT2D eigenvalue weighted by atomic mass is 10.1. The van der Waals surface area contributed by atoms with Crippen LogP contribution >= 0.6 is 11.6 Å². The highest BCUT2D eigenvalue weighted by Crippen LogP contribution is 2.23. The Hall–Kier alpha value is -3.13. The standard InChI is InChI=1S/C18H20ClN7O/c1-10(2)21-18(27)13-7-12(4-5-14(13)19)22-16-8-20-9-17(24-16)23-15-6-11(3)25-26-15/h4-10H,1-3H3,(H,21,27)(H3,22,23,24,25,26). The summed E-state index contributed by atoms with van der Waals surface area (Å²) < 4.78 is 0. The molecule has 0 atom stereocenters. The number of aryl methyl sites for hydroxylation is 1. The Balaban J connectivity index is 1.77. The smallest absolute Gasteiger partial charge is 0.253 e. The lowest BCUT2D eigenvalue weighted by Crippen LogP contribution is -2.30. The van der Waals surface area contributed by atoms with Crippen LogP contribution in [0.3, 0.4) is 0 Å². The Morgan fingerprint density at radius 2 is 1.85 bits per heavy atom. The number of nitrogens with one attached hydrogen (secondary N) is 4. The Kier molecular flexibility index (Phi) is 5.56. The Morgan fingerprint density at radius 1 is 1.11 bits per heavy atom. The third kappa shape index (κ3) is 4.95. The average Bonchev–Trinajstić information content (AvgIpc) is 3.01. The van der Waals surface area contributed by atoms with E-state index in [1.165, 1.54) is 0 Å². The fourth-order valence-corrected chi connectivity index (χ4v) is 2.57. The third-order valence-electron chi connectivity index (χ3n) is 3.50. The molecule has 8 nitrogen and oxygen atoms in total. The van der Waals surface area contributed by atoms with Crippen molar-refractivity contribution in [2.45, 2.75) is 26.8 Å². The summed E-state index contributed by atoms with van der Waals surface area (Å²) in [5.74, 6) is 1.48. The molecule has 0 aliphatic carbocycles. The summed E-state index contributed by atoms with van der Waals surface area (Å²) in [6.45, 7) is 5.70. The van der Waals surface area contributed by atoms with Gasteiger partial charge in [-0.15, -0.1) is 0 Å². The first-order chi connectivity index (χ1) is 12.9. The van der Waals surface area contributed by atoms with Crippen LogP contribution in [0.25, 0.3) is 0 Å². The molecule has 140 valence electrons. The van der Waals surface area contributed by atoms with Crippen molar-refractivity contribution >= 4 is 40.6 Å². The summed E-state index contributed by atoms with van der Waals surface area (Å²) in [5, 5.41) is 16.4. The highest BCUT2D eigenvalue weighted by atomic mass is 35.5. The number of H-pyrrole nitrogens is 1. The molecule has 0 fully saturated rings. The van der Waals surface area contributed by atoms with Gasteiger partial charge in [-0.2, -0.15) is 5.10 Å². The van der Waals surface area contributed by atoms with Crippen molar-refractivity contribution in [1.29, 1.82) is 0 Å². The van der Waals surface area contributed by atoms with Gasteiger partial charge in [-0.3, -0.25) is 14.9 Å². The molecule has 0 spiro atoms. The molecule has 3 rings (SSSR count). The number of aromatic nitrogens is 4. The van der Waals surface area contributed by atoms with Gasteiger partial charge in [-0.1, -0.05) is 11.6 Å². The highest BCUT2D eigenvalue weighted by molar-refractivity contribution is 6.34. The van der Waals surface area contributed by atoms with Crippen LogP contribution < -0.4 is 16.0 Å². The number of hydrogen-bond donors (Lipinski definition) is 4. The first kappa shape index (κ1) is 18.7. The fraction of sp³-hybridized carbons (Fsp3) is 0.222. The van der Waals surface area contributed by atoms with Crippen LogP contribution in [0.1, 0.15) is 29.9 Å². The molecule has 1 amide bonds. The number of rotatable bonds is 6. The van der Waals surface area contributed by atoms with Gasteiger partial charge in [-0.25, -0.2) is 4.98 Å². The Bertz CT molecular complexity index is 954. The maximum atomic E-state index is 12.3. The minimum absolute atomic E-state index is 0.0180. The lowest BCUT2D eigenvalue weighted by Gasteiger charge is -2.12. The number of nitrogens with zero attached hydrogens (tertiary/aromatic N) is 3. The van der Waals surface area contributed by atoms with Crippen LogP contribution in [0, 0.1) is 6.92 Å². The number of carbonyl (C=O) groups is 1. The highest BCUT2D eigenvalue weighted by Gasteiger charge is 2.12. The van der Waals surface area contributed by atoms with Crippen LogP contribution in [-0.4, -0.2) is 32.1 Å². The molecular weight excluding hydrogens is 366 g/mol. The van der Waals surface area contributed by atoms with Gasteiger partial charge in [-0.05, 0) is 39.0 Å². The van der Waals surface area contributed by atoms with Crippen molar-refractivity contribution in [2.75, 3.05) is 10.6 Å². The third-order valence-corrected chi connectivity index (χ3v) is 3.83. The van der Waals surface area contributed by atoms with Crippen LogP contribution in [0.4, 0.5) is 23.1 Å². The molecule has 1 aromatic carbocycles. The van der Waals surface area contributed by atoms with Gasteiger partial charge < -0.3 is 16.0 Å². The molecule has 0 saturated carbocycles. The zero-order valence-corrected chi connectivity index (χ0v) is 15.9. The maximum absolute atomic E-state index is 12.3. The molecule has 0 unspecified atom stereocenters. The van der Waals surface area contributed by atoms with Crippen molar-refractivity contribution in [1.82, 2.24) is 25.5 Å². The van der Waals surface area contributed by atoms with E-state index in [-0.39, 0.29) is 11.9 Å². The number of aromatic amines is 1. The molecule has 27 heavy (non-hydrogen) atoms. The van der Waals surface area contributed by atoms with Crippen molar-refractivity contribution < 1.29 is 4.79 Å². The van der Waals surface area contributed by atoms with E-state index in [2.05, 4.69) is 36.1 Å². The lowest BCUT2D eigenvalue weighted by molar-refractivity contribution is 0.0943. The summed E-state index contributed by atoms with van der Waals surface area (Å²) in [7, 11) is 0. The molecule has 4 N–H and O–H groups in total. The second-order valence-electron chi connectivity index (χ2n) is 6.30. The van der Waals surface area contributed by atoms with E-state index in [0.29, 0.717) is 33.7 Å². The summed E-state index contributed by atoms with van der Waals surface area (Å²) in [6, 6.07) is 7.00. The summed E-state index contributed by atoms with van der Waals surface area (Å²) in [4.78, 5) is 20.9. The summed E-state index contributed by atoms with van der Waals surface area (Å²) in [6.07, 6.45) is 3.18. The van der Waals surface area contributed by atoms with Gasteiger partial charge >= 0.3 is 0 Å². The minimum Gasteiger partial charge on any atom is -0.350 e. The normalized spacial score (nSPS) is 10.7. The van der Waals surface area contributed by atoms with Crippen molar-refractivity contribution in [3.8, 4) is 0 Å². The van der Waals surface area contributed by atoms with Crippen LogP contribution in [0.5, 0.6) is 0 Å². The van der Waals surface area contributed by atoms with Gasteiger partial charge in [0.15, 0.2) is 17.5 Å². The number of carbonyl (C=O) groups excluding carboxylic acids is 1. The predicted molar refractivity (Wildman–Crippen MR) is 106 cm³/mol. The van der Waals surface area contributed by atoms with Crippen LogP contribution in [0.15, 0.2) is 36.7 Å². The molecular formula is C18H20ClN7O. The SMILES string of the molecule is Cc1cc(Nc2cncc(Nc3ccc(Cl)c(C(=O)NC(C)C)c3)n2)n[nH]1. The molecule has 9 heteroatoms. The first-order valence-electron chi connectivity index (χ1n) is 8.39. The van der Waals surface area contributed by atoms with Crippen LogP contribution in [0.2, 0.25) is 5.02 Å². The van der Waals surface area contributed by atoms with Crippen molar-refractivity contribution in [2.24, 2.45) is 0 Å². The molecule has 0 aliphatic heterocycles. The van der Waals surface area contributed by atoms with E-state index in [0.717, 1.165) is 5.69 Å². The summed E-state index contributed by atoms with van der Waals surface area (Å²) >= 11 is 6.16. The maximum Gasteiger partial charge on any atom is 0.253 e. The van der Waals surface area contributed by atoms with Crippen LogP contribution in [-0.2, 0) is 0 Å². The first-order valence-corrected chi connectivity index (χ1v) is 8.77. The number of halogens is 1. The van der Waals surface area contributed by atoms with Crippen molar-refractivity contribution in [3.05, 3.63) is 52.9 Å². The summed E-state index contributed by atoms with van der Waals surface area (Å²) in [5.41, 5.74) is 2.01. The number of anilines is 4. The topological polar surface area (TPSA) is 108 Å². The fourth-order valence-electron chi connectivity index (χ4n) is 2.36. The second-order valence-corrected chi connectivity index (χ2v) is 6.71. The molecule has 0 bridgehead atoms. The Labute approximate surface area is 161 Å². The van der Waals surface area contributed by atoms with E-state index in [9.17, 15) is 4.79 Å². The van der Waals surface area contributed by atoms with E-state index in [1.807, 2.05) is 26.8 Å². The molecule has 0 radical (unpaired) electrons. The average molecular weight is 386 g/mol. The van der Waals surface area contributed by atoms with E-state index < -0.39 is 0 Å². The van der Waals surface area contributed by atoms with Crippen molar-refractivity contribution in [3.63, 3.8) is 0 Å². The monoisotopic (exact) mass is 385 g/mol. The zero-order chi connectivity index (χ0) is 19.4. The molecule has 0 aliphatic rings. The van der Waals surface area contributed by atoms with Gasteiger partial charge in [0, 0.05) is 23.5 Å². The van der Waals surface area contributed by atoms with Gasteiger partial charge in [0.25, 0.3) is 5.91 Å². The van der Waals surface area contributed by atoms with Gasteiger partial charge in [0.05, 0.1) is 23.0 Å². The largest absolute Gasteiger partial charge is 0.350 e. The van der Waals surface area contributed by atoms with E-state index in [4.69, 9.17) is 11.6 Å². The Morgan fingerprint density at radius 3 is 2.52 bits per heavy atom. The molecule has 3 aromatic rings. The molecule has 2 aromatic heterocycles. The molecule has 2 heterocycles. The quantitative estimate of drug-likeness (QED) is 0.514. The van der Waals surface area contributed by atoms with E-state index in [1.54, 1.807) is 30.6 Å². The predicted octanol–water partition coefficient (Wildman–Crippen LogP) is 3.79. The van der Waals surface area contributed by atoms with Gasteiger partial charge in [0.1, 0.15) is 0 Å². The number of hydrogen-bond acceptors (Lipinski definition) is 6. The van der Waals surface area contributed by atoms with Gasteiger partial charge in [0.2, 0.25) is 0 Å².